The van der Waals surface area contributed by atoms with E-state index in [-0.39, 0.29) is 0 Å². The van der Waals surface area contributed by atoms with Gasteiger partial charge < -0.3 is 15.0 Å². The minimum atomic E-state index is 0.818. The quantitative estimate of drug-likeness (QED) is 0.840. The molecule has 1 aromatic carbocycles. The molecule has 17 heavy (non-hydrogen) atoms. The summed E-state index contributed by atoms with van der Waals surface area (Å²) in [6.45, 7) is 4.55. The van der Waals surface area contributed by atoms with Crippen molar-refractivity contribution in [3.63, 3.8) is 0 Å². The summed E-state index contributed by atoms with van der Waals surface area (Å²) in [5.74, 6) is 1.75. The Morgan fingerprint density at radius 2 is 2.12 bits per heavy atom. The second-order valence-corrected chi connectivity index (χ2v) is 4.90. The van der Waals surface area contributed by atoms with E-state index in [0.29, 0.717) is 0 Å². The van der Waals surface area contributed by atoms with Gasteiger partial charge in [-0.25, -0.2) is 0 Å². The van der Waals surface area contributed by atoms with Crippen LogP contribution in [-0.2, 0) is 6.54 Å². The van der Waals surface area contributed by atoms with Gasteiger partial charge in [0.2, 0.25) is 0 Å². The maximum Gasteiger partial charge on any atom is 0.118 e. The molecular formula is C14H22N2O. The van der Waals surface area contributed by atoms with Crippen molar-refractivity contribution in [2.45, 2.75) is 13.0 Å². The number of hydrogen-bond donors (Lipinski definition) is 1. The molecule has 1 saturated heterocycles. The van der Waals surface area contributed by atoms with E-state index in [2.05, 4.69) is 29.4 Å². The Morgan fingerprint density at radius 1 is 1.35 bits per heavy atom. The number of nitrogens with zero attached hydrogens (tertiary/aromatic N) is 1. The molecule has 0 saturated carbocycles. The van der Waals surface area contributed by atoms with Crippen LogP contribution in [0, 0.1) is 5.92 Å². The fraction of sp³-hybridized carbons (Fsp3) is 0.571. The van der Waals surface area contributed by atoms with Crippen LogP contribution in [0.4, 0.5) is 0 Å². The molecule has 0 aliphatic carbocycles. The average Bonchev–Trinajstić information content (AvgIpc) is 2.82. The van der Waals surface area contributed by atoms with Crippen LogP contribution in [0.1, 0.15) is 12.0 Å². The van der Waals surface area contributed by atoms with Gasteiger partial charge in [-0.15, -0.1) is 0 Å². The maximum atomic E-state index is 5.16. The molecule has 0 amide bonds. The summed E-state index contributed by atoms with van der Waals surface area (Å²) in [6, 6.07) is 8.34. The van der Waals surface area contributed by atoms with Gasteiger partial charge in [0, 0.05) is 13.1 Å². The summed E-state index contributed by atoms with van der Waals surface area (Å²) in [5.41, 5.74) is 1.35. The first-order valence-electron chi connectivity index (χ1n) is 6.30. The molecule has 0 radical (unpaired) electrons. The molecule has 0 aromatic heterocycles. The highest BCUT2D eigenvalue weighted by Crippen LogP contribution is 2.14. The molecule has 1 unspecified atom stereocenters. The van der Waals surface area contributed by atoms with E-state index in [1.807, 2.05) is 12.1 Å². The Labute approximate surface area is 104 Å². The van der Waals surface area contributed by atoms with Crippen LogP contribution in [0.25, 0.3) is 0 Å². The van der Waals surface area contributed by atoms with E-state index in [0.717, 1.165) is 18.2 Å². The van der Waals surface area contributed by atoms with Gasteiger partial charge in [-0.3, -0.25) is 0 Å². The Hall–Kier alpha value is -1.06. The van der Waals surface area contributed by atoms with Crippen LogP contribution in [0.15, 0.2) is 24.3 Å². The van der Waals surface area contributed by atoms with Gasteiger partial charge in [0.1, 0.15) is 5.75 Å². The molecule has 1 aliphatic rings. The lowest BCUT2D eigenvalue weighted by atomic mass is 10.1. The van der Waals surface area contributed by atoms with E-state index in [1.165, 1.54) is 31.6 Å². The first kappa shape index (κ1) is 12.4. The molecule has 0 bridgehead atoms. The highest BCUT2D eigenvalue weighted by atomic mass is 16.5. The third-order valence-electron chi connectivity index (χ3n) is 3.34. The number of ether oxygens (including phenoxy) is 1. The number of rotatable bonds is 5. The number of nitrogens with one attached hydrogen (secondary N) is 1. The summed E-state index contributed by atoms with van der Waals surface area (Å²) in [7, 11) is 3.90. The fourth-order valence-electron chi connectivity index (χ4n) is 2.42. The van der Waals surface area contributed by atoms with Gasteiger partial charge in [-0.1, -0.05) is 12.1 Å². The summed E-state index contributed by atoms with van der Waals surface area (Å²) < 4.78 is 5.16. The minimum Gasteiger partial charge on any atom is -0.497 e. The minimum absolute atomic E-state index is 0.818. The van der Waals surface area contributed by atoms with Gasteiger partial charge in [0.15, 0.2) is 0 Å². The lowest BCUT2D eigenvalue weighted by molar-refractivity contribution is 0.278. The third-order valence-corrected chi connectivity index (χ3v) is 3.34. The van der Waals surface area contributed by atoms with Crippen molar-refractivity contribution in [3.05, 3.63) is 29.8 Å². The molecule has 1 N–H and O–H groups in total. The molecule has 1 fully saturated rings. The first-order chi connectivity index (χ1) is 8.28. The second kappa shape index (κ2) is 6.03. The molecule has 94 valence electrons. The highest BCUT2D eigenvalue weighted by Gasteiger charge is 2.16. The van der Waals surface area contributed by atoms with E-state index >= 15 is 0 Å². The molecule has 1 atom stereocenters. The second-order valence-electron chi connectivity index (χ2n) is 4.90. The predicted molar refractivity (Wildman–Crippen MR) is 70.3 cm³/mol. The van der Waals surface area contributed by atoms with Crippen LogP contribution in [0.3, 0.4) is 0 Å². The van der Waals surface area contributed by atoms with Crippen molar-refractivity contribution in [3.8, 4) is 5.75 Å². The largest absolute Gasteiger partial charge is 0.497 e. The van der Waals surface area contributed by atoms with Crippen LogP contribution >= 0.6 is 0 Å². The van der Waals surface area contributed by atoms with Gasteiger partial charge in [0.25, 0.3) is 0 Å². The van der Waals surface area contributed by atoms with Crippen molar-refractivity contribution in [1.82, 2.24) is 10.2 Å². The molecule has 1 heterocycles. The Balaban J connectivity index is 1.81. The van der Waals surface area contributed by atoms with E-state index in [4.69, 9.17) is 4.74 Å². The normalized spacial score (nSPS) is 19.8. The zero-order chi connectivity index (χ0) is 12.1. The smallest absolute Gasteiger partial charge is 0.118 e. The molecule has 3 nitrogen and oxygen atoms in total. The standard InChI is InChI=1S/C14H22N2O/c1-16(11-13-7-8-15-9-13)10-12-3-5-14(17-2)6-4-12/h3-6,13,15H,7-11H2,1-2H3. The number of benzene rings is 1. The van der Waals surface area contributed by atoms with E-state index < -0.39 is 0 Å². The summed E-state index contributed by atoms with van der Waals surface area (Å²) in [6.07, 6.45) is 1.31. The van der Waals surface area contributed by atoms with Gasteiger partial charge >= 0.3 is 0 Å². The van der Waals surface area contributed by atoms with E-state index in [1.54, 1.807) is 7.11 Å². The first-order valence-corrected chi connectivity index (χ1v) is 6.30. The van der Waals surface area contributed by atoms with Crippen molar-refractivity contribution >= 4 is 0 Å². The predicted octanol–water partition coefficient (Wildman–Crippen LogP) is 1.74. The Kier molecular flexibility index (Phi) is 4.40. The Morgan fingerprint density at radius 3 is 2.71 bits per heavy atom. The van der Waals surface area contributed by atoms with Gasteiger partial charge in [-0.2, -0.15) is 0 Å². The maximum absolute atomic E-state index is 5.16. The monoisotopic (exact) mass is 234 g/mol. The summed E-state index contributed by atoms with van der Waals surface area (Å²) >= 11 is 0. The van der Waals surface area contributed by atoms with Crippen LogP contribution in [0.2, 0.25) is 0 Å². The fourth-order valence-corrected chi connectivity index (χ4v) is 2.42. The van der Waals surface area contributed by atoms with E-state index in [9.17, 15) is 0 Å². The van der Waals surface area contributed by atoms with Crippen LogP contribution in [0.5, 0.6) is 5.75 Å². The van der Waals surface area contributed by atoms with Crippen molar-refractivity contribution in [2.24, 2.45) is 5.92 Å². The third kappa shape index (κ3) is 3.72. The lowest BCUT2D eigenvalue weighted by Crippen LogP contribution is -2.26. The molecule has 1 aromatic rings. The highest BCUT2D eigenvalue weighted by molar-refractivity contribution is 5.27. The van der Waals surface area contributed by atoms with Crippen molar-refractivity contribution in [2.75, 3.05) is 33.8 Å². The summed E-state index contributed by atoms with van der Waals surface area (Å²) in [5, 5.41) is 3.41. The average molecular weight is 234 g/mol. The van der Waals surface area contributed by atoms with Crippen molar-refractivity contribution < 1.29 is 4.74 Å². The SMILES string of the molecule is COc1ccc(CN(C)CC2CCNC2)cc1. The topological polar surface area (TPSA) is 24.5 Å². The van der Waals surface area contributed by atoms with Gasteiger partial charge in [-0.05, 0) is 50.2 Å². The Bertz CT molecular complexity index is 331. The molecule has 3 heteroatoms. The lowest BCUT2D eigenvalue weighted by Gasteiger charge is -2.20. The molecule has 0 spiro atoms. The molecular weight excluding hydrogens is 212 g/mol. The van der Waals surface area contributed by atoms with Crippen molar-refractivity contribution in [1.29, 1.82) is 0 Å². The molecule has 2 rings (SSSR count). The van der Waals surface area contributed by atoms with Crippen LogP contribution in [-0.4, -0.2) is 38.7 Å². The number of methoxy groups -OCH3 is 1. The zero-order valence-corrected chi connectivity index (χ0v) is 10.8. The number of hydrogen-bond acceptors (Lipinski definition) is 3. The zero-order valence-electron chi connectivity index (χ0n) is 10.8. The van der Waals surface area contributed by atoms with Crippen LogP contribution < -0.4 is 10.1 Å². The molecule has 1 aliphatic heterocycles. The summed E-state index contributed by atoms with van der Waals surface area (Å²) in [4.78, 5) is 2.40. The van der Waals surface area contributed by atoms with Gasteiger partial charge in [0.05, 0.1) is 7.11 Å².